The van der Waals surface area contributed by atoms with Gasteiger partial charge in [0.05, 0.1) is 19.8 Å². The smallest absolute Gasteiger partial charge is 0.284 e. The molecule has 1 unspecified atom stereocenters. The lowest BCUT2D eigenvalue weighted by molar-refractivity contribution is 0.112. The number of nitrogens with zero attached hydrogens (tertiary/aromatic N) is 1. The Morgan fingerprint density at radius 2 is 1.92 bits per heavy atom. The van der Waals surface area contributed by atoms with E-state index in [1.165, 1.54) is 18.2 Å². The molecule has 0 bridgehead atoms. The van der Waals surface area contributed by atoms with Crippen molar-refractivity contribution in [2.75, 3.05) is 20.8 Å². The number of phenols is 1. The zero-order valence-electron chi connectivity index (χ0n) is 14.7. The van der Waals surface area contributed by atoms with Crippen LogP contribution < -0.4 is 5.32 Å². The van der Waals surface area contributed by atoms with E-state index in [1.54, 1.807) is 19.2 Å². The average Bonchev–Trinajstić information content (AvgIpc) is 2.72. The molecule has 0 radical (unpaired) electrons. The van der Waals surface area contributed by atoms with Crippen LogP contribution in [0, 0.1) is 5.82 Å². The molecule has 0 spiro atoms. The quantitative estimate of drug-likeness (QED) is 0.798. The van der Waals surface area contributed by atoms with Gasteiger partial charge in [-0.1, -0.05) is 30.3 Å². The Balaban J connectivity index is 0.000000284. The standard InChI is InChI=1S/C11H13FN2O2.C7H6O.CH3F/c1-13-11-14-10(4-5-16-11)8-6-7(15)2-3-9(8)12;8-6-7-4-2-1-3-5-7;1-2/h2-3,6,10,15H,4-5H2,1H3,(H,13,14);1-6H;1H3. The molecule has 0 amide bonds. The zero-order chi connectivity index (χ0) is 19.4. The Kier molecular flexibility index (Phi) is 9.38. The molecule has 7 heteroatoms. The van der Waals surface area contributed by atoms with E-state index in [0.29, 0.717) is 31.8 Å². The first-order valence-corrected chi connectivity index (χ1v) is 7.86. The second-order valence-electron chi connectivity index (χ2n) is 5.10. The summed E-state index contributed by atoms with van der Waals surface area (Å²) in [6.45, 7) is 0.486. The first kappa shape index (κ1) is 21.1. The van der Waals surface area contributed by atoms with Crippen LogP contribution >= 0.6 is 0 Å². The van der Waals surface area contributed by atoms with E-state index in [9.17, 15) is 18.7 Å². The predicted molar refractivity (Wildman–Crippen MR) is 96.7 cm³/mol. The number of ether oxygens (including phenoxy) is 1. The van der Waals surface area contributed by atoms with E-state index in [1.807, 2.05) is 18.2 Å². The van der Waals surface area contributed by atoms with Gasteiger partial charge in [0, 0.05) is 24.6 Å². The minimum absolute atomic E-state index is 0.0553. The van der Waals surface area contributed by atoms with Crippen molar-refractivity contribution in [3.05, 3.63) is 65.5 Å². The molecule has 3 rings (SSSR count). The summed E-state index contributed by atoms with van der Waals surface area (Å²) < 4.78 is 28.3. The maximum atomic E-state index is 13.6. The second kappa shape index (κ2) is 11.6. The van der Waals surface area contributed by atoms with E-state index < -0.39 is 0 Å². The Morgan fingerprint density at radius 1 is 1.23 bits per heavy atom. The highest BCUT2D eigenvalue weighted by molar-refractivity contribution is 5.75. The Morgan fingerprint density at radius 3 is 2.50 bits per heavy atom. The fraction of sp³-hybridized carbons (Fsp3) is 0.263. The van der Waals surface area contributed by atoms with Gasteiger partial charge in [-0.3, -0.25) is 9.18 Å². The largest absolute Gasteiger partial charge is 0.508 e. The van der Waals surface area contributed by atoms with Crippen molar-refractivity contribution in [2.24, 2.45) is 4.99 Å². The number of rotatable bonds is 2. The summed E-state index contributed by atoms with van der Waals surface area (Å²) in [4.78, 5) is 13.9. The predicted octanol–water partition coefficient (Wildman–Crippen LogP) is 3.65. The van der Waals surface area contributed by atoms with Crippen LogP contribution in [0.3, 0.4) is 0 Å². The van der Waals surface area contributed by atoms with Gasteiger partial charge in [0.25, 0.3) is 6.02 Å². The maximum absolute atomic E-state index is 13.6. The fourth-order valence-electron chi connectivity index (χ4n) is 2.23. The molecule has 1 atom stereocenters. The van der Waals surface area contributed by atoms with Crippen molar-refractivity contribution in [1.82, 2.24) is 5.32 Å². The third-order valence-electron chi connectivity index (χ3n) is 3.44. The number of benzene rings is 2. The van der Waals surface area contributed by atoms with Crippen LogP contribution in [0.15, 0.2) is 53.5 Å². The molecular formula is C19H22F2N2O3. The number of aliphatic imine (C=N–C) groups is 1. The molecule has 140 valence electrons. The lowest BCUT2D eigenvalue weighted by Gasteiger charge is -2.26. The summed E-state index contributed by atoms with van der Waals surface area (Å²) in [5.41, 5.74) is 1.16. The summed E-state index contributed by atoms with van der Waals surface area (Å²) in [7, 11) is 2.10. The first-order chi connectivity index (χ1) is 12.6. The van der Waals surface area contributed by atoms with Crippen molar-refractivity contribution in [3.8, 4) is 5.75 Å². The normalized spacial score (nSPS) is 16.8. The van der Waals surface area contributed by atoms with Gasteiger partial charge >= 0.3 is 0 Å². The van der Waals surface area contributed by atoms with Gasteiger partial charge < -0.3 is 15.2 Å². The third-order valence-corrected chi connectivity index (χ3v) is 3.44. The number of phenolic OH excluding ortho intramolecular Hbond substituents is 1. The number of aromatic hydroxyl groups is 1. The minimum atomic E-state index is -0.340. The summed E-state index contributed by atoms with van der Waals surface area (Å²) in [5, 5.41) is 12.3. The van der Waals surface area contributed by atoms with E-state index in [0.717, 1.165) is 11.8 Å². The molecule has 1 heterocycles. The van der Waals surface area contributed by atoms with Gasteiger partial charge in [-0.05, 0) is 18.2 Å². The molecule has 2 aromatic carbocycles. The summed E-state index contributed by atoms with van der Waals surface area (Å²) in [6.07, 6.45) is 1.47. The molecule has 2 N–H and O–H groups in total. The number of hydrogen-bond acceptors (Lipinski definition) is 4. The summed E-state index contributed by atoms with van der Waals surface area (Å²) >= 11 is 0. The van der Waals surface area contributed by atoms with Gasteiger partial charge in [0.15, 0.2) is 0 Å². The van der Waals surface area contributed by atoms with Crippen molar-refractivity contribution in [2.45, 2.75) is 12.5 Å². The van der Waals surface area contributed by atoms with Gasteiger partial charge in [-0.15, -0.1) is 0 Å². The lowest BCUT2D eigenvalue weighted by atomic mass is 10.0. The molecule has 0 aromatic heterocycles. The molecule has 5 nitrogen and oxygen atoms in total. The first-order valence-electron chi connectivity index (χ1n) is 7.86. The number of amidine groups is 1. The van der Waals surface area contributed by atoms with Gasteiger partial charge in [0.1, 0.15) is 17.9 Å². The van der Waals surface area contributed by atoms with Gasteiger partial charge in [-0.25, -0.2) is 9.38 Å². The van der Waals surface area contributed by atoms with Crippen LogP contribution in [0.25, 0.3) is 0 Å². The topological polar surface area (TPSA) is 70.9 Å². The molecule has 0 saturated carbocycles. The molecule has 2 aromatic rings. The highest BCUT2D eigenvalue weighted by atomic mass is 19.1. The van der Waals surface area contributed by atoms with Crippen molar-refractivity contribution in [1.29, 1.82) is 0 Å². The number of aldehydes is 1. The summed E-state index contributed by atoms with van der Waals surface area (Å²) in [5.74, 6) is -0.285. The Hall–Kier alpha value is -2.96. The number of carbonyl (C=O) groups is 1. The van der Waals surface area contributed by atoms with E-state index in [4.69, 9.17) is 4.74 Å². The highest BCUT2D eigenvalue weighted by Crippen LogP contribution is 2.26. The summed E-state index contributed by atoms with van der Waals surface area (Å²) in [6, 6.07) is 13.3. The molecule has 1 saturated heterocycles. The third kappa shape index (κ3) is 6.51. The van der Waals surface area contributed by atoms with E-state index in [-0.39, 0.29) is 17.6 Å². The molecule has 1 fully saturated rings. The molecule has 1 aliphatic rings. The fourth-order valence-corrected chi connectivity index (χ4v) is 2.23. The SMILES string of the molecule is CF.CN=C1NC(c2cc(O)ccc2F)CCO1.O=Cc1ccccc1. The van der Waals surface area contributed by atoms with Crippen LogP contribution in [0.2, 0.25) is 0 Å². The number of carbonyl (C=O) groups excluding carboxylic acids is 1. The van der Waals surface area contributed by atoms with Crippen molar-refractivity contribution < 1.29 is 23.4 Å². The van der Waals surface area contributed by atoms with Crippen molar-refractivity contribution >= 4 is 12.3 Å². The van der Waals surface area contributed by atoms with Gasteiger partial charge in [-0.2, -0.15) is 0 Å². The molecular weight excluding hydrogens is 342 g/mol. The average molecular weight is 364 g/mol. The number of halogens is 2. The highest BCUT2D eigenvalue weighted by Gasteiger charge is 2.22. The monoisotopic (exact) mass is 364 g/mol. The van der Waals surface area contributed by atoms with Crippen LogP contribution in [0.1, 0.15) is 28.4 Å². The van der Waals surface area contributed by atoms with Crippen LogP contribution in [0.5, 0.6) is 5.75 Å². The Bertz CT molecular complexity index is 709. The molecule has 1 aliphatic heterocycles. The zero-order valence-corrected chi connectivity index (χ0v) is 14.7. The number of nitrogens with one attached hydrogen (secondary N) is 1. The minimum Gasteiger partial charge on any atom is -0.508 e. The van der Waals surface area contributed by atoms with E-state index >= 15 is 0 Å². The molecule has 0 aliphatic carbocycles. The second-order valence-corrected chi connectivity index (χ2v) is 5.10. The number of hydrogen-bond donors (Lipinski definition) is 2. The van der Waals surface area contributed by atoms with Crippen LogP contribution in [0.4, 0.5) is 8.78 Å². The van der Waals surface area contributed by atoms with Crippen LogP contribution in [-0.2, 0) is 4.74 Å². The number of alkyl halides is 1. The van der Waals surface area contributed by atoms with Gasteiger partial charge in [0.2, 0.25) is 0 Å². The van der Waals surface area contributed by atoms with Crippen molar-refractivity contribution in [3.63, 3.8) is 0 Å². The maximum Gasteiger partial charge on any atom is 0.284 e. The molecule has 26 heavy (non-hydrogen) atoms. The Labute approximate surface area is 151 Å². The van der Waals surface area contributed by atoms with Crippen LogP contribution in [-0.4, -0.2) is 38.2 Å². The lowest BCUT2D eigenvalue weighted by Crippen LogP contribution is -2.36. The van der Waals surface area contributed by atoms with E-state index in [2.05, 4.69) is 10.3 Å².